The van der Waals surface area contributed by atoms with Gasteiger partial charge in [-0.15, -0.1) is 0 Å². The number of aromatic nitrogens is 2. The Morgan fingerprint density at radius 2 is 1.81 bits per heavy atom. The van der Waals surface area contributed by atoms with Gasteiger partial charge in [0.2, 0.25) is 5.88 Å². The predicted molar refractivity (Wildman–Crippen MR) is 56.4 cm³/mol. The first-order chi connectivity index (χ1) is 7.79. The van der Waals surface area contributed by atoms with Crippen molar-refractivity contribution in [3.05, 3.63) is 48.2 Å². The molecule has 0 saturated heterocycles. The van der Waals surface area contributed by atoms with Crippen LogP contribution in [0.25, 0.3) is 0 Å². The van der Waals surface area contributed by atoms with Gasteiger partial charge in [0.15, 0.2) is 0 Å². The molecule has 1 aromatic carbocycles. The van der Waals surface area contributed by atoms with Gasteiger partial charge in [-0.1, -0.05) is 0 Å². The molecule has 0 unspecified atom stereocenters. The van der Waals surface area contributed by atoms with Gasteiger partial charge in [-0.2, -0.15) is 0 Å². The summed E-state index contributed by atoms with van der Waals surface area (Å²) in [6, 6.07) is 5.66. The highest BCUT2D eigenvalue weighted by Gasteiger charge is 2.05. The molecule has 2 N–H and O–H groups in total. The standard InChI is InChI=1S/C11H10FN3O/c12-8-1-3-9(4-2-8)16-11-10(7-13)14-5-6-15-11/h1-6H,7,13H2. The zero-order chi connectivity index (χ0) is 11.4. The average Bonchev–Trinajstić information content (AvgIpc) is 2.33. The lowest BCUT2D eigenvalue weighted by Gasteiger charge is -2.06. The number of hydrogen-bond donors (Lipinski definition) is 1. The maximum Gasteiger partial charge on any atom is 0.242 e. The SMILES string of the molecule is NCc1nccnc1Oc1ccc(F)cc1. The van der Waals surface area contributed by atoms with Gasteiger partial charge in [0, 0.05) is 18.9 Å². The van der Waals surface area contributed by atoms with E-state index in [1.165, 1.54) is 30.5 Å². The summed E-state index contributed by atoms with van der Waals surface area (Å²) in [5, 5.41) is 0. The lowest BCUT2D eigenvalue weighted by Crippen LogP contribution is -2.03. The van der Waals surface area contributed by atoms with E-state index in [9.17, 15) is 4.39 Å². The summed E-state index contributed by atoms with van der Waals surface area (Å²) >= 11 is 0. The zero-order valence-electron chi connectivity index (χ0n) is 8.43. The second-order valence-corrected chi connectivity index (χ2v) is 3.07. The third-order valence-corrected chi connectivity index (χ3v) is 1.96. The Kier molecular flexibility index (Phi) is 3.07. The first-order valence-electron chi connectivity index (χ1n) is 4.73. The number of ether oxygens (including phenoxy) is 1. The highest BCUT2D eigenvalue weighted by Crippen LogP contribution is 2.21. The van der Waals surface area contributed by atoms with Crippen molar-refractivity contribution < 1.29 is 9.13 Å². The summed E-state index contributed by atoms with van der Waals surface area (Å²) in [6.07, 6.45) is 3.05. The van der Waals surface area contributed by atoms with Gasteiger partial charge in [0.1, 0.15) is 17.3 Å². The summed E-state index contributed by atoms with van der Waals surface area (Å²) < 4.78 is 18.1. The molecule has 2 rings (SSSR count). The van der Waals surface area contributed by atoms with E-state index in [0.717, 1.165) is 0 Å². The minimum atomic E-state index is -0.314. The Labute approximate surface area is 91.9 Å². The predicted octanol–water partition coefficient (Wildman–Crippen LogP) is 1.87. The van der Waals surface area contributed by atoms with E-state index in [4.69, 9.17) is 10.5 Å². The largest absolute Gasteiger partial charge is 0.437 e. The second kappa shape index (κ2) is 4.67. The molecule has 16 heavy (non-hydrogen) atoms. The van der Waals surface area contributed by atoms with Crippen LogP contribution in [0, 0.1) is 5.82 Å². The molecule has 1 aromatic heterocycles. The van der Waals surface area contributed by atoms with E-state index < -0.39 is 0 Å². The van der Waals surface area contributed by atoms with Crippen LogP contribution in [0.3, 0.4) is 0 Å². The molecular formula is C11H10FN3O. The van der Waals surface area contributed by atoms with Crippen molar-refractivity contribution in [2.24, 2.45) is 5.73 Å². The van der Waals surface area contributed by atoms with Gasteiger partial charge in [0.05, 0.1) is 0 Å². The molecule has 1 heterocycles. The van der Waals surface area contributed by atoms with Crippen molar-refractivity contribution in [1.29, 1.82) is 0 Å². The van der Waals surface area contributed by atoms with Gasteiger partial charge >= 0.3 is 0 Å². The number of benzene rings is 1. The first kappa shape index (κ1) is 10.5. The molecule has 0 amide bonds. The smallest absolute Gasteiger partial charge is 0.242 e. The second-order valence-electron chi connectivity index (χ2n) is 3.07. The van der Waals surface area contributed by atoms with Gasteiger partial charge in [0.25, 0.3) is 0 Å². The van der Waals surface area contributed by atoms with Crippen LogP contribution in [0.2, 0.25) is 0 Å². The van der Waals surface area contributed by atoms with Crippen molar-refractivity contribution in [3.8, 4) is 11.6 Å². The Balaban J connectivity index is 2.23. The van der Waals surface area contributed by atoms with Gasteiger partial charge < -0.3 is 10.5 Å². The van der Waals surface area contributed by atoms with Crippen LogP contribution in [0.4, 0.5) is 4.39 Å². The van der Waals surface area contributed by atoms with Crippen LogP contribution in [0.1, 0.15) is 5.69 Å². The van der Waals surface area contributed by atoms with Crippen LogP contribution < -0.4 is 10.5 Å². The van der Waals surface area contributed by atoms with E-state index in [1.807, 2.05) is 0 Å². The molecule has 0 radical (unpaired) electrons. The van der Waals surface area contributed by atoms with Gasteiger partial charge in [-0.3, -0.25) is 4.98 Å². The Morgan fingerprint density at radius 3 is 2.50 bits per heavy atom. The number of halogens is 1. The number of hydrogen-bond acceptors (Lipinski definition) is 4. The molecule has 0 fully saturated rings. The van der Waals surface area contributed by atoms with Crippen molar-refractivity contribution >= 4 is 0 Å². The fraction of sp³-hybridized carbons (Fsp3) is 0.0909. The molecule has 0 aliphatic carbocycles. The molecule has 0 aliphatic rings. The Morgan fingerprint density at radius 1 is 1.12 bits per heavy atom. The first-order valence-corrected chi connectivity index (χ1v) is 4.73. The highest BCUT2D eigenvalue weighted by molar-refractivity contribution is 5.28. The minimum Gasteiger partial charge on any atom is -0.437 e. The normalized spacial score (nSPS) is 10.1. The van der Waals surface area contributed by atoms with Gasteiger partial charge in [-0.25, -0.2) is 9.37 Å². The van der Waals surface area contributed by atoms with Crippen molar-refractivity contribution in [1.82, 2.24) is 9.97 Å². The summed E-state index contributed by atoms with van der Waals surface area (Å²) in [5.74, 6) is 0.527. The molecule has 0 spiro atoms. The molecule has 4 nitrogen and oxygen atoms in total. The number of nitrogens with zero attached hydrogens (tertiary/aromatic N) is 2. The van der Waals surface area contributed by atoms with E-state index in [1.54, 1.807) is 6.20 Å². The summed E-state index contributed by atoms with van der Waals surface area (Å²) in [6.45, 7) is 0.240. The molecule has 0 atom stereocenters. The Bertz CT molecular complexity index is 473. The fourth-order valence-corrected chi connectivity index (χ4v) is 1.19. The molecule has 0 bridgehead atoms. The molecule has 0 aliphatic heterocycles. The third kappa shape index (κ3) is 2.32. The molecular weight excluding hydrogens is 209 g/mol. The van der Waals surface area contributed by atoms with E-state index in [-0.39, 0.29) is 12.4 Å². The maximum atomic E-state index is 12.7. The van der Waals surface area contributed by atoms with Crippen LogP contribution >= 0.6 is 0 Å². The van der Waals surface area contributed by atoms with E-state index in [2.05, 4.69) is 9.97 Å². The number of nitrogens with two attached hydrogens (primary N) is 1. The van der Waals surface area contributed by atoms with Crippen LogP contribution in [-0.2, 0) is 6.54 Å². The van der Waals surface area contributed by atoms with Crippen LogP contribution in [0.5, 0.6) is 11.6 Å². The van der Waals surface area contributed by atoms with Crippen molar-refractivity contribution in [2.75, 3.05) is 0 Å². The summed E-state index contributed by atoms with van der Waals surface area (Å²) in [7, 11) is 0. The minimum absolute atomic E-state index is 0.240. The van der Waals surface area contributed by atoms with Crippen LogP contribution in [-0.4, -0.2) is 9.97 Å². The molecule has 0 saturated carbocycles. The quantitative estimate of drug-likeness (QED) is 0.855. The van der Waals surface area contributed by atoms with Gasteiger partial charge in [-0.05, 0) is 24.3 Å². The van der Waals surface area contributed by atoms with Crippen LogP contribution in [0.15, 0.2) is 36.7 Å². The Hall–Kier alpha value is -2.01. The van der Waals surface area contributed by atoms with Crippen molar-refractivity contribution in [3.63, 3.8) is 0 Å². The van der Waals surface area contributed by atoms with E-state index >= 15 is 0 Å². The topological polar surface area (TPSA) is 61.0 Å². The summed E-state index contributed by atoms with van der Waals surface area (Å²) in [4.78, 5) is 8.03. The molecule has 2 aromatic rings. The molecule has 5 heteroatoms. The van der Waals surface area contributed by atoms with E-state index in [0.29, 0.717) is 17.3 Å². The molecule has 82 valence electrons. The average molecular weight is 219 g/mol. The lowest BCUT2D eigenvalue weighted by atomic mass is 10.3. The highest BCUT2D eigenvalue weighted by atomic mass is 19.1. The monoisotopic (exact) mass is 219 g/mol. The zero-order valence-corrected chi connectivity index (χ0v) is 8.43. The third-order valence-electron chi connectivity index (χ3n) is 1.96. The van der Waals surface area contributed by atoms with Crippen molar-refractivity contribution in [2.45, 2.75) is 6.54 Å². The maximum absolute atomic E-state index is 12.7. The lowest BCUT2D eigenvalue weighted by molar-refractivity contribution is 0.450. The summed E-state index contributed by atoms with van der Waals surface area (Å²) in [5.41, 5.74) is 6.05. The fourth-order valence-electron chi connectivity index (χ4n) is 1.19. The number of rotatable bonds is 3.